The molecule has 0 unspecified atom stereocenters. The monoisotopic (exact) mass is 624 g/mol. The van der Waals surface area contributed by atoms with E-state index in [0.717, 1.165) is 44.8 Å². The summed E-state index contributed by atoms with van der Waals surface area (Å²) in [5.74, 6) is 0.555. The normalized spacial score (nSPS) is 11.1. The quantitative estimate of drug-likeness (QED) is 0.177. The molecule has 0 saturated carbocycles. The standard InChI is InChI=1S/C43H29ClN2O/c44-40-20-11-21-41-42(40)47-43(45-41)32-24-22-30(23-25-32)36-16-7-9-18-38(36)39-19-10-8-17-37(39)31-26-28-35(29-27-31)46(33-12-3-1-4-13-33)34-14-5-2-6-15-34/h1-29H. The van der Waals surface area contributed by atoms with Gasteiger partial charge in [-0.1, -0.05) is 127 Å². The van der Waals surface area contributed by atoms with Crippen LogP contribution in [0.2, 0.25) is 5.02 Å². The van der Waals surface area contributed by atoms with E-state index < -0.39 is 0 Å². The second kappa shape index (κ2) is 12.5. The van der Waals surface area contributed by atoms with E-state index in [2.05, 4.69) is 155 Å². The number of aromatic nitrogens is 1. The molecule has 8 rings (SSSR count). The van der Waals surface area contributed by atoms with E-state index in [9.17, 15) is 0 Å². The van der Waals surface area contributed by atoms with E-state index in [4.69, 9.17) is 16.0 Å². The fraction of sp³-hybridized carbons (Fsp3) is 0. The second-order valence-corrected chi connectivity index (χ2v) is 11.7. The number of anilines is 3. The Kier molecular flexibility index (Phi) is 7.58. The van der Waals surface area contributed by atoms with Crippen molar-refractivity contribution in [1.29, 1.82) is 0 Å². The van der Waals surface area contributed by atoms with Crippen LogP contribution in [0.3, 0.4) is 0 Å². The van der Waals surface area contributed by atoms with Gasteiger partial charge >= 0.3 is 0 Å². The number of halogens is 1. The van der Waals surface area contributed by atoms with Crippen LogP contribution in [0.4, 0.5) is 17.1 Å². The van der Waals surface area contributed by atoms with Crippen molar-refractivity contribution in [3.8, 4) is 44.8 Å². The average molecular weight is 625 g/mol. The van der Waals surface area contributed by atoms with Crippen LogP contribution < -0.4 is 4.90 Å². The molecule has 0 saturated heterocycles. The molecule has 0 fully saturated rings. The second-order valence-electron chi connectivity index (χ2n) is 11.3. The minimum atomic E-state index is 0.555. The molecular weight excluding hydrogens is 596 g/mol. The Bertz CT molecular complexity index is 2250. The Morgan fingerprint density at radius 2 is 0.851 bits per heavy atom. The molecule has 224 valence electrons. The summed E-state index contributed by atoms with van der Waals surface area (Å²) in [5, 5.41) is 0.560. The van der Waals surface area contributed by atoms with Crippen LogP contribution in [0.15, 0.2) is 180 Å². The summed E-state index contributed by atoms with van der Waals surface area (Å²) < 4.78 is 6.02. The van der Waals surface area contributed by atoms with Gasteiger partial charge in [-0.15, -0.1) is 0 Å². The highest BCUT2D eigenvalue weighted by atomic mass is 35.5. The summed E-state index contributed by atoms with van der Waals surface area (Å²) in [6.45, 7) is 0. The number of nitrogens with zero attached hydrogens (tertiary/aromatic N) is 2. The molecule has 0 radical (unpaired) electrons. The summed E-state index contributed by atoms with van der Waals surface area (Å²) in [6.07, 6.45) is 0. The van der Waals surface area contributed by atoms with Gasteiger partial charge in [0.05, 0.1) is 5.02 Å². The Balaban J connectivity index is 1.14. The molecule has 0 bridgehead atoms. The molecule has 7 aromatic carbocycles. The van der Waals surface area contributed by atoms with Crippen LogP contribution in [0, 0.1) is 0 Å². The lowest BCUT2D eigenvalue weighted by atomic mass is 9.89. The summed E-state index contributed by atoms with van der Waals surface area (Å²) in [6, 6.07) is 61.0. The Morgan fingerprint density at radius 1 is 0.404 bits per heavy atom. The zero-order valence-electron chi connectivity index (χ0n) is 25.4. The van der Waals surface area contributed by atoms with Gasteiger partial charge in [0, 0.05) is 22.6 Å². The van der Waals surface area contributed by atoms with Crippen molar-refractivity contribution in [2.75, 3.05) is 4.90 Å². The van der Waals surface area contributed by atoms with Crippen LogP contribution in [0.1, 0.15) is 0 Å². The molecule has 4 heteroatoms. The largest absolute Gasteiger partial charge is 0.435 e. The molecule has 47 heavy (non-hydrogen) atoms. The topological polar surface area (TPSA) is 29.3 Å². The first-order chi connectivity index (χ1) is 23.2. The summed E-state index contributed by atoms with van der Waals surface area (Å²) in [7, 11) is 0. The van der Waals surface area contributed by atoms with Gasteiger partial charge in [-0.05, 0) is 94.0 Å². The molecule has 1 heterocycles. The van der Waals surface area contributed by atoms with E-state index in [-0.39, 0.29) is 0 Å². The lowest BCUT2D eigenvalue weighted by molar-refractivity contribution is 0.620. The van der Waals surface area contributed by atoms with E-state index in [0.29, 0.717) is 16.5 Å². The molecule has 0 aliphatic rings. The Labute approximate surface area is 279 Å². The number of para-hydroxylation sites is 3. The number of benzene rings is 7. The molecule has 0 atom stereocenters. The van der Waals surface area contributed by atoms with Gasteiger partial charge in [0.15, 0.2) is 5.58 Å². The maximum atomic E-state index is 6.33. The molecule has 3 nitrogen and oxygen atoms in total. The third kappa shape index (κ3) is 5.58. The number of oxazole rings is 1. The molecule has 0 spiro atoms. The van der Waals surface area contributed by atoms with Crippen molar-refractivity contribution in [1.82, 2.24) is 4.98 Å². The van der Waals surface area contributed by atoms with E-state index in [1.54, 1.807) is 0 Å². The van der Waals surface area contributed by atoms with Crippen molar-refractivity contribution >= 4 is 39.8 Å². The van der Waals surface area contributed by atoms with Crippen LogP contribution in [0.5, 0.6) is 0 Å². The molecule has 0 aliphatic heterocycles. The first-order valence-electron chi connectivity index (χ1n) is 15.6. The number of hydrogen-bond donors (Lipinski definition) is 0. The summed E-state index contributed by atoms with van der Waals surface area (Å²) in [5.41, 5.74) is 12.6. The van der Waals surface area contributed by atoms with Gasteiger partial charge < -0.3 is 9.32 Å². The minimum absolute atomic E-state index is 0.555. The Morgan fingerprint density at radius 3 is 1.38 bits per heavy atom. The molecular formula is C43H29ClN2O. The lowest BCUT2D eigenvalue weighted by Gasteiger charge is -2.25. The zero-order valence-corrected chi connectivity index (χ0v) is 26.2. The lowest BCUT2D eigenvalue weighted by Crippen LogP contribution is -2.09. The molecule has 0 aliphatic carbocycles. The minimum Gasteiger partial charge on any atom is -0.435 e. The fourth-order valence-corrected chi connectivity index (χ4v) is 6.37. The van der Waals surface area contributed by atoms with Gasteiger partial charge in [-0.2, -0.15) is 0 Å². The van der Waals surface area contributed by atoms with Crippen molar-refractivity contribution in [3.05, 3.63) is 181 Å². The van der Waals surface area contributed by atoms with Gasteiger partial charge in [0.25, 0.3) is 0 Å². The fourth-order valence-electron chi connectivity index (χ4n) is 6.16. The number of hydrogen-bond acceptors (Lipinski definition) is 3. The van der Waals surface area contributed by atoms with E-state index >= 15 is 0 Å². The van der Waals surface area contributed by atoms with Crippen molar-refractivity contribution in [2.45, 2.75) is 0 Å². The average Bonchev–Trinajstić information content (AvgIpc) is 3.59. The predicted octanol–water partition coefficient (Wildman–Crippen LogP) is 12.6. The zero-order chi connectivity index (χ0) is 31.6. The van der Waals surface area contributed by atoms with Crippen molar-refractivity contribution in [3.63, 3.8) is 0 Å². The van der Waals surface area contributed by atoms with Crippen LogP contribution in [0.25, 0.3) is 55.9 Å². The van der Waals surface area contributed by atoms with Crippen molar-refractivity contribution < 1.29 is 4.42 Å². The number of rotatable bonds is 7. The highest BCUT2D eigenvalue weighted by Gasteiger charge is 2.16. The predicted molar refractivity (Wildman–Crippen MR) is 195 cm³/mol. The third-order valence-electron chi connectivity index (χ3n) is 8.42. The highest BCUT2D eigenvalue weighted by Crippen LogP contribution is 2.40. The summed E-state index contributed by atoms with van der Waals surface area (Å²) >= 11 is 6.33. The van der Waals surface area contributed by atoms with Crippen LogP contribution >= 0.6 is 11.6 Å². The molecule has 0 amide bonds. The van der Waals surface area contributed by atoms with Crippen LogP contribution in [-0.4, -0.2) is 4.98 Å². The highest BCUT2D eigenvalue weighted by molar-refractivity contribution is 6.34. The summed E-state index contributed by atoms with van der Waals surface area (Å²) in [4.78, 5) is 6.94. The van der Waals surface area contributed by atoms with E-state index in [1.165, 1.54) is 16.7 Å². The smallest absolute Gasteiger partial charge is 0.227 e. The van der Waals surface area contributed by atoms with Gasteiger partial charge in [-0.25, -0.2) is 4.98 Å². The van der Waals surface area contributed by atoms with Gasteiger partial charge in [-0.3, -0.25) is 0 Å². The van der Waals surface area contributed by atoms with Gasteiger partial charge in [0.2, 0.25) is 5.89 Å². The molecule has 8 aromatic rings. The van der Waals surface area contributed by atoms with Gasteiger partial charge in [0.1, 0.15) is 5.52 Å². The first kappa shape index (κ1) is 28.6. The number of fused-ring (bicyclic) bond motifs is 1. The van der Waals surface area contributed by atoms with E-state index in [1.807, 2.05) is 30.3 Å². The molecule has 0 N–H and O–H groups in total. The third-order valence-corrected chi connectivity index (χ3v) is 8.72. The van der Waals surface area contributed by atoms with Crippen LogP contribution in [-0.2, 0) is 0 Å². The first-order valence-corrected chi connectivity index (χ1v) is 16.0. The molecule has 1 aromatic heterocycles. The van der Waals surface area contributed by atoms with Crippen molar-refractivity contribution in [2.24, 2.45) is 0 Å². The Hall–Kier alpha value is -5.90. The maximum absolute atomic E-state index is 6.33. The SMILES string of the molecule is Clc1cccc2nc(-c3ccc(-c4ccccc4-c4ccccc4-c4ccc(N(c5ccccc5)c5ccccc5)cc4)cc3)oc12. The maximum Gasteiger partial charge on any atom is 0.227 e.